The molecule has 0 radical (unpaired) electrons. The van der Waals surface area contributed by atoms with Gasteiger partial charge in [0.2, 0.25) is 0 Å². The Hall–Kier alpha value is -1.47. The van der Waals surface area contributed by atoms with Crippen molar-refractivity contribution >= 4 is 27.8 Å². The second-order valence-electron chi connectivity index (χ2n) is 3.18. The molecule has 0 spiro atoms. The Morgan fingerprint density at radius 1 is 1.47 bits per heavy atom. The van der Waals surface area contributed by atoms with Crippen LogP contribution in [-0.2, 0) is 4.79 Å². The summed E-state index contributed by atoms with van der Waals surface area (Å²) in [5.41, 5.74) is 0.0953. The Labute approximate surface area is 104 Å². The molecule has 0 aliphatic rings. The molecule has 0 aliphatic heterocycles. The summed E-state index contributed by atoms with van der Waals surface area (Å²) in [5.74, 6) is -2.58. The number of aliphatic hydroxyl groups excluding tert-OH is 1. The number of nitrogens with one attached hydrogen (secondary N) is 1. The number of hydrogen-bond donors (Lipinski definition) is 3. The number of carboxylic acids is 1. The van der Waals surface area contributed by atoms with E-state index in [2.05, 4.69) is 21.2 Å². The van der Waals surface area contributed by atoms with Crippen LogP contribution in [0, 0.1) is 5.82 Å². The summed E-state index contributed by atoms with van der Waals surface area (Å²) in [6.07, 6.45) is 0. The van der Waals surface area contributed by atoms with E-state index in [-0.39, 0.29) is 10.0 Å². The SMILES string of the molecule is O=C(NC(CO)C(=O)O)c1ccc(F)c(Br)c1. The van der Waals surface area contributed by atoms with Gasteiger partial charge in [0.1, 0.15) is 5.82 Å². The molecule has 1 unspecified atom stereocenters. The number of amides is 1. The molecule has 92 valence electrons. The largest absolute Gasteiger partial charge is 0.480 e. The van der Waals surface area contributed by atoms with E-state index < -0.39 is 30.3 Å². The van der Waals surface area contributed by atoms with Crippen molar-refractivity contribution in [3.63, 3.8) is 0 Å². The molecular formula is C10H9BrFNO4. The van der Waals surface area contributed by atoms with E-state index in [1.165, 1.54) is 12.1 Å². The van der Waals surface area contributed by atoms with Crippen molar-refractivity contribution in [1.29, 1.82) is 0 Å². The summed E-state index contributed by atoms with van der Waals surface area (Å²) < 4.78 is 13.0. The van der Waals surface area contributed by atoms with Crippen molar-refractivity contribution < 1.29 is 24.2 Å². The summed E-state index contributed by atoms with van der Waals surface area (Å²) in [6, 6.07) is 2.13. The van der Waals surface area contributed by atoms with Crippen molar-refractivity contribution in [2.24, 2.45) is 0 Å². The number of carbonyl (C=O) groups is 2. The minimum Gasteiger partial charge on any atom is -0.480 e. The second-order valence-corrected chi connectivity index (χ2v) is 4.03. The third-order valence-corrected chi connectivity index (χ3v) is 2.58. The highest BCUT2D eigenvalue weighted by molar-refractivity contribution is 9.10. The van der Waals surface area contributed by atoms with Gasteiger partial charge in [0.15, 0.2) is 6.04 Å². The van der Waals surface area contributed by atoms with Gasteiger partial charge in [0, 0.05) is 5.56 Å². The van der Waals surface area contributed by atoms with Crippen molar-refractivity contribution in [1.82, 2.24) is 5.32 Å². The Balaban J connectivity index is 2.82. The Morgan fingerprint density at radius 2 is 2.12 bits per heavy atom. The molecule has 0 saturated carbocycles. The molecule has 1 aromatic carbocycles. The maximum absolute atomic E-state index is 12.9. The van der Waals surface area contributed by atoms with Crippen molar-refractivity contribution in [2.75, 3.05) is 6.61 Å². The van der Waals surface area contributed by atoms with E-state index in [4.69, 9.17) is 10.2 Å². The van der Waals surface area contributed by atoms with E-state index in [0.29, 0.717) is 0 Å². The number of carboxylic acid groups (broad SMARTS) is 1. The molecule has 0 heterocycles. The third kappa shape index (κ3) is 3.50. The lowest BCUT2D eigenvalue weighted by Gasteiger charge is -2.11. The molecule has 0 aromatic heterocycles. The zero-order valence-electron chi connectivity index (χ0n) is 8.48. The molecule has 1 amide bonds. The van der Waals surface area contributed by atoms with Crippen LogP contribution >= 0.6 is 15.9 Å². The van der Waals surface area contributed by atoms with Crippen molar-refractivity contribution in [2.45, 2.75) is 6.04 Å². The molecule has 0 aliphatic carbocycles. The number of aliphatic hydroxyl groups is 1. The fraction of sp³-hybridized carbons (Fsp3) is 0.200. The van der Waals surface area contributed by atoms with Crippen LogP contribution in [0.4, 0.5) is 4.39 Å². The third-order valence-electron chi connectivity index (χ3n) is 1.97. The van der Waals surface area contributed by atoms with Crippen LogP contribution in [0.2, 0.25) is 0 Å². The van der Waals surface area contributed by atoms with Crippen LogP contribution in [-0.4, -0.2) is 34.7 Å². The van der Waals surface area contributed by atoms with Crippen LogP contribution in [0.25, 0.3) is 0 Å². The Kier molecular flexibility index (Phi) is 4.59. The normalized spacial score (nSPS) is 11.9. The quantitative estimate of drug-likeness (QED) is 0.766. The molecule has 1 atom stereocenters. The van der Waals surface area contributed by atoms with Gasteiger partial charge in [-0.3, -0.25) is 4.79 Å². The lowest BCUT2D eigenvalue weighted by atomic mass is 10.2. The molecule has 0 bridgehead atoms. The first kappa shape index (κ1) is 13.6. The number of carbonyl (C=O) groups excluding carboxylic acids is 1. The van der Waals surface area contributed by atoms with E-state index in [1.54, 1.807) is 0 Å². The van der Waals surface area contributed by atoms with Gasteiger partial charge in [-0.2, -0.15) is 0 Å². The average Bonchev–Trinajstić information content (AvgIpc) is 2.28. The Bertz CT molecular complexity index is 452. The first-order valence-corrected chi connectivity index (χ1v) is 5.34. The first-order chi connectivity index (χ1) is 7.95. The van der Waals surface area contributed by atoms with Crippen LogP contribution in [0.15, 0.2) is 22.7 Å². The van der Waals surface area contributed by atoms with Gasteiger partial charge in [-0.1, -0.05) is 0 Å². The van der Waals surface area contributed by atoms with E-state index >= 15 is 0 Å². The lowest BCUT2D eigenvalue weighted by molar-refractivity contribution is -0.140. The second kappa shape index (κ2) is 5.74. The van der Waals surface area contributed by atoms with Gasteiger partial charge < -0.3 is 15.5 Å². The predicted molar refractivity (Wildman–Crippen MR) is 60.1 cm³/mol. The highest BCUT2D eigenvalue weighted by Crippen LogP contribution is 2.16. The van der Waals surface area contributed by atoms with Gasteiger partial charge in [0.25, 0.3) is 5.91 Å². The monoisotopic (exact) mass is 305 g/mol. The molecule has 3 N–H and O–H groups in total. The van der Waals surface area contributed by atoms with Crippen LogP contribution in [0.5, 0.6) is 0 Å². The maximum Gasteiger partial charge on any atom is 0.328 e. The van der Waals surface area contributed by atoms with Crippen molar-refractivity contribution in [3.05, 3.63) is 34.1 Å². The molecule has 5 nitrogen and oxygen atoms in total. The topological polar surface area (TPSA) is 86.6 Å². The number of halogens is 2. The summed E-state index contributed by atoms with van der Waals surface area (Å²) in [7, 11) is 0. The first-order valence-electron chi connectivity index (χ1n) is 4.55. The summed E-state index contributed by atoms with van der Waals surface area (Å²) in [5, 5.41) is 19.4. The van der Waals surface area contributed by atoms with Gasteiger partial charge >= 0.3 is 5.97 Å². The average molecular weight is 306 g/mol. The number of benzene rings is 1. The molecule has 7 heteroatoms. The smallest absolute Gasteiger partial charge is 0.328 e. The van der Waals surface area contributed by atoms with Gasteiger partial charge in [-0.25, -0.2) is 9.18 Å². The van der Waals surface area contributed by atoms with E-state index in [9.17, 15) is 14.0 Å². The molecule has 1 aromatic rings. The minimum atomic E-state index is -1.38. The van der Waals surface area contributed by atoms with Crippen molar-refractivity contribution in [3.8, 4) is 0 Å². The molecule has 0 fully saturated rings. The number of hydrogen-bond acceptors (Lipinski definition) is 3. The highest BCUT2D eigenvalue weighted by Gasteiger charge is 2.19. The van der Waals surface area contributed by atoms with Gasteiger partial charge in [-0.05, 0) is 34.1 Å². The highest BCUT2D eigenvalue weighted by atomic mass is 79.9. The van der Waals surface area contributed by atoms with E-state index in [1.807, 2.05) is 0 Å². The molecule has 17 heavy (non-hydrogen) atoms. The molecular weight excluding hydrogens is 297 g/mol. The van der Waals surface area contributed by atoms with Gasteiger partial charge in [-0.15, -0.1) is 0 Å². The standard InChI is InChI=1S/C10H9BrFNO4/c11-6-3-5(1-2-7(6)12)9(15)13-8(4-14)10(16)17/h1-3,8,14H,4H2,(H,13,15)(H,16,17). The maximum atomic E-state index is 12.9. The fourth-order valence-electron chi connectivity index (χ4n) is 1.06. The summed E-state index contributed by atoms with van der Waals surface area (Å²) in [4.78, 5) is 22.1. The molecule has 1 rings (SSSR count). The zero-order valence-corrected chi connectivity index (χ0v) is 10.1. The van der Waals surface area contributed by atoms with Crippen LogP contribution in [0.3, 0.4) is 0 Å². The lowest BCUT2D eigenvalue weighted by Crippen LogP contribution is -2.43. The van der Waals surface area contributed by atoms with Crippen LogP contribution in [0.1, 0.15) is 10.4 Å². The summed E-state index contributed by atoms with van der Waals surface area (Å²) >= 11 is 2.91. The Morgan fingerprint density at radius 3 is 2.59 bits per heavy atom. The minimum absolute atomic E-state index is 0.0953. The van der Waals surface area contributed by atoms with E-state index in [0.717, 1.165) is 6.07 Å². The fourth-order valence-corrected chi connectivity index (χ4v) is 1.44. The van der Waals surface area contributed by atoms with Crippen LogP contribution < -0.4 is 5.32 Å². The zero-order chi connectivity index (χ0) is 13.0. The number of rotatable bonds is 4. The predicted octanol–water partition coefficient (Wildman–Crippen LogP) is 0.763. The van der Waals surface area contributed by atoms with Gasteiger partial charge in [0.05, 0.1) is 11.1 Å². The number of aliphatic carboxylic acids is 1. The summed E-state index contributed by atoms with van der Waals surface area (Å²) in [6.45, 7) is -0.719. The molecule has 0 saturated heterocycles.